The third-order valence-electron chi connectivity index (χ3n) is 3.64. The average Bonchev–Trinajstić information content (AvgIpc) is 2.42. The molecule has 0 bridgehead atoms. The lowest BCUT2D eigenvalue weighted by atomic mass is 10.0. The number of rotatable bonds is 3. The molecule has 1 aromatic carbocycles. The molecule has 1 aliphatic heterocycles. The van der Waals surface area contributed by atoms with Gasteiger partial charge in [-0.2, -0.15) is 5.26 Å². The van der Waals surface area contributed by atoms with Crippen LogP contribution < -0.4 is 15.1 Å². The van der Waals surface area contributed by atoms with Gasteiger partial charge in [0.1, 0.15) is 5.54 Å². The van der Waals surface area contributed by atoms with Gasteiger partial charge in [0.2, 0.25) is 0 Å². The van der Waals surface area contributed by atoms with Gasteiger partial charge in [-0.15, -0.1) is 0 Å². The van der Waals surface area contributed by atoms with Crippen molar-refractivity contribution in [3.63, 3.8) is 0 Å². The van der Waals surface area contributed by atoms with Crippen molar-refractivity contribution in [1.82, 2.24) is 5.32 Å². The first-order valence-corrected chi connectivity index (χ1v) is 6.25. The Bertz CT molecular complexity index is 465. The van der Waals surface area contributed by atoms with E-state index in [9.17, 15) is 5.26 Å². The number of hydrogen-bond acceptors (Lipinski definition) is 4. The lowest BCUT2D eigenvalue weighted by Crippen LogP contribution is -2.52. The molecule has 1 atom stereocenters. The second-order valence-corrected chi connectivity index (χ2v) is 5.03. The molecule has 0 spiro atoms. The molecule has 1 aliphatic rings. The molecule has 4 nitrogen and oxygen atoms in total. The van der Waals surface area contributed by atoms with E-state index in [1.165, 1.54) is 11.4 Å². The molecule has 1 unspecified atom stereocenters. The maximum absolute atomic E-state index is 9.27. The van der Waals surface area contributed by atoms with E-state index in [2.05, 4.69) is 46.4 Å². The van der Waals surface area contributed by atoms with Crippen LogP contribution in [0.2, 0.25) is 0 Å². The molecule has 1 aromatic rings. The monoisotopic (exact) mass is 244 g/mol. The molecule has 0 fully saturated rings. The molecule has 0 radical (unpaired) electrons. The smallest absolute Gasteiger partial charge is 0.121 e. The average molecular weight is 244 g/mol. The highest BCUT2D eigenvalue weighted by atomic mass is 15.3. The van der Waals surface area contributed by atoms with Crippen LogP contribution in [0.15, 0.2) is 24.3 Å². The van der Waals surface area contributed by atoms with Crippen LogP contribution in [0.4, 0.5) is 11.4 Å². The van der Waals surface area contributed by atoms with Gasteiger partial charge in [-0.25, -0.2) is 0 Å². The topological polar surface area (TPSA) is 42.3 Å². The second-order valence-electron chi connectivity index (χ2n) is 5.03. The Labute approximate surface area is 109 Å². The number of nitrogens with one attached hydrogen (secondary N) is 1. The summed E-state index contributed by atoms with van der Waals surface area (Å²) in [7, 11) is 3.95. The molecule has 18 heavy (non-hydrogen) atoms. The summed E-state index contributed by atoms with van der Waals surface area (Å²) in [6, 6.07) is 10.7. The lowest BCUT2D eigenvalue weighted by molar-refractivity contribution is 0.479. The fourth-order valence-electron chi connectivity index (χ4n) is 2.28. The maximum atomic E-state index is 9.27. The summed E-state index contributed by atoms with van der Waals surface area (Å²) in [6.45, 7) is 4.58. The van der Waals surface area contributed by atoms with Crippen LogP contribution in [0.25, 0.3) is 0 Å². The van der Waals surface area contributed by atoms with Crippen molar-refractivity contribution in [2.45, 2.75) is 12.5 Å². The number of likely N-dealkylation sites (N-methyl/N-ethyl adjacent to an activating group) is 2. The third-order valence-corrected chi connectivity index (χ3v) is 3.64. The predicted octanol–water partition coefficient (Wildman–Crippen LogP) is 1.44. The normalized spacial score (nSPS) is 17.9. The van der Waals surface area contributed by atoms with Crippen molar-refractivity contribution in [3.05, 3.63) is 24.3 Å². The van der Waals surface area contributed by atoms with Crippen LogP contribution in [-0.2, 0) is 0 Å². The van der Waals surface area contributed by atoms with Gasteiger partial charge in [-0.05, 0) is 26.1 Å². The van der Waals surface area contributed by atoms with Crippen LogP contribution in [0, 0.1) is 11.3 Å². The molecule has 0 saturated carbocycles. The van der Waals surface area contributed by atoms with Gasteiger partial charge in [-0.1, -0.05) is 12.1 Å². The van der Waals surface area contributed by atoms with Crippen LogP contribution >= 0.6 is 0 Å². The van der Waals surface area contributed by atoms with E-state index in [1.54, 1.807) is 0 Å². The van der Waals surface area contributed by atoms with E-state index in [0.717, 1.165) is 13.1 Å². The number of benzene rings is 1. The summed E-state index contributed by atoms with van der Waals surface area (Å²) < 4.78 is 0. The SMILES string of the molecule is CNC(C)(C#N)CN1CCN(C)c2ccccc21. The first-order chi connectivity index (χ1) is 8.59. The first-order valence-electron chi connectivity index (χ1n) is 6.25. The zero-order valence-electron chi connectivity index (χ0n) is 11.3. The largest absolute Gasteiger partial charge is 0.371 e. The highest BCUT2D eigenvalue weighted by Gasteiger charge is 2.28. The maximum Gasteiger partial charge on any atom is 0.121 e. The third kappa shape index (κ3) is 2.27. The Morgan fingerprint density at radius 3 is 2.61 bits per heavy atom. The predicted molar refractivity (Wildman–Crippen MR) is 75.0 cm³/mol. The summed E-state index contributed by atoms with van der Waals surface area (Å²) in [5, 5.41) is 12.4. The van der Waals surface area contributed by atoms with Gasteiger partial charge < -0.3 is 15.1 Å². The van der Waals surface area contributed by atoms with Crippen LogP contribution in [0.1, 0.15) is 6.92 Å². The molecule has 1 N–H and O–H groups in total. The van der Waals surface area contributed by atoms with E-state index in [1.807, 2.05) is 20.0 Å². The van der Waals surface area contributed by atoms with Gasteiger partial charge in [0.05, 0.1) is 17.4 Å². The summed E-state index contributed by atoms with van der Waals surface area (Å²) in [5.74, 6) is 0. The van der Waals surface area contributed by atoms with E-state index >= 15 is 0 Å². The fourth-order valence-corrected chi connectivity index (χ4v) is 2.28. The molecular weight excluding hydrogens is 224 g/mol. The minimum Gasteiger partial charge on any atom is -0.371 e. The number of nitriles is 1. The number of anilines is 2. The van der Waals surface area contributed by atoms with Gasteiger partial charge in [-0.3, -0.25) is 0 Å². The van der Waals surface area contributed by atoms with Crippen LogP contribution in [0.3, 0.4) is 0 Å². The van der Waals surface area contributed by atoms with E-state index in [4.69, 9.17) is 0 Å². The Hall–Kier alpha value is -1.73. The highest BCUT2D eigenvalue weighted by Crippen LogP contribution is 2.32. The summed E-state index contributed by atoms with van der Waals surface area (Å²) in [5.41, 5.74) is 1.94. The Kier molecular flexibility index (Phi) is 3.44. The molecule has 1 heterocycles. The number of hydrogen-bond donors (Lipinski definition) is 1. The van der Waals surface area contributed by atoms with Crippen molar-refractivity contribution in [3.8, 4) is 6.07 Å². The molecule has 0 saturated heterocycles. The van der Waals surface area contributed by atoms with E-state index in [-0.39, 0.29) is 0 Å². The van der Waals surface area contributed by atoms with Gasteiger partial charge in [0, 0.05) is 26.7 Å². The zero-order valence-corrected chi connectivity index (χ0v) is 11.3. The highest BCUT2D eigenvalue weighted by molar-refractivity contribution is 5.73. The van der Waals surface area contributed by atoms with E-state index in [0.29, 0.717) is 6.54 Å². The molecule has 4 heteroatoms. The molecule has 2 rings (SSSR count). The van der Waals surface area contributed by atoms with Crippen molar-refractivity contribution < 1.29 is 0 Å². The molecular formula is C14H20N4. The number of nitrogens with zero attached hydrogens (tertiary/aromatic N) is 3. The molecule has 0 aromatic heterocycles. The molecule has 0 aliphatic carbocycles. The minimum atomic E-state index is -0.511. The minimum absolute atomic E-state index is 0.511. The lowest BCUT2D eigenvalue weighted by Gasteiger charge is -2.39. The standard InChI is InChI=1S/C14H20N4/c1-14(10-15,16-2)11-18-9-8-17(3)12-6-4-5-7-13(12)18/h4-7,16H,8-9,11H2,1-3H3. The van der Waals surface area contributed by atoms with Crippen LogP contribution in [-0.4, -0.2) is 39.3 Å². The number of fused-ring (bicyclic) bond motifs is 1. The summed E-state index contributed by atoms with van der Waals surface area (Å²) in [6.07, 6.45) is 0. The molecule has 96 valence electrons. The van der Waals surface area contributed by atoms with Gasteiger partial charge in [0.25, 0.3) is 0 Å². The quantitative estimate of drug-likeness (QED) is 0.874. The van der Waals surface area contributed by atoms with Crippen molar-refractivity contribution in [1.29, 1.82) is 5.26 Å². The Balaban J connectivity index is 2.27. The van der Waals surface area contributed by atoms with Crippen molar-refractivity contribution in [2.75, 3.05) is 43.5 Å². The zero-order chi connectivity index (χ0) is 13.2. The fraction of sp³-hybridized carbons (Fsp3) is 0.500. The Morgan fingerprint density at radius 1 is 1.33 bits per heavy atom. The first kappa shape index (κ1) is 12.7. The summed E-state index contributed by atoms with van der Waals surface area (Å²) in [4.78, 5) is 4.55. The van der Waals surface area contributed by atoms with Gasteiger partial charge in [0.15, 0.2) is 0 Å². The van der Waals surface area contributed by atoms with Gasteiger partial charge >= 0.3 is 0 Å². The second kappa shape index (κ2) is 4.87. The van der Waals surface area contributed by atoms with Crippen LogP contribution in [0.5, 0.6) is 0 Å². The summed E-state index contributed by atoms with van der Waals surface area (Å²) >= 11 is 0. The van der Waals surface area contributed by atoms with Crippen molar-refractivity contribution >= 4 is 11.4 Å². The van der Waals surface area contributed by atoms with Crippen molar-refractivity contribution in [2.24, 2.45) is 0 Å². The Morgan fingerprint density at radius 2 is 2.00 bits per heavy atom. The van der Waals surface area contributed by atoms with E-state index < -0.39 is 5.54 Å². The molecule has 0 amide bonds. The number of para-hydroxylation sites is 2.